The van der Waals surface area contributed by atoms with Crippen molar-refractivity contribution in [1.29, 1.82) is 0 Å². The van der Waals surface area contributed by atoms with E-state index in [1.54, 1.807) is 29.7 Å². The highest BCUT2D eigenvalue weighted by atomic mass is 35.5. The SMILES string of the molecule is Cc1nc2ccccn2c1C(=O)N/N=C/c1ccc(-c2cccc(Cl)c2)o1. The van der Waals surface area contributed by atoms with Crippen molar-refractivity contribution < 1.29 is 9.21 Å². The molecule has 1 aromatic carbocycles. The molecule has 4 aromatic rings. The molecule has 7 heteroatoms. The van der Waals surface area contributed by atoms with Crippen molar-refractivity contribution in [2.24, 2.45) is 5.10 Å². The highest BCUT2D eigenvalue weighted by Crippen LogP contribution is 2.24. The van der Waals surface area contributed by atoms with Crippen LogP contribution in [0.25, 0.3) is 17.0 Å². The van der Waals surface area contributed by atoms with Crippen LogP contribution in [0.2, 0.25) is 5.02 Å². The van der Waals surface area contributed by atoms with Gasteiger partial charge in [0, 0.05) is 16.8 Å². The third-order valence-electron chi connectivity index (χ3n) is 4.01. The van der Waals surface area contributed by atoms with Gasteiger partial charge in [-0.2, -0.15) is 5.10 Å². The number of hydrazone groups is 1. The van der Waals surface area contributed by atoms with Gasteiger partial charge in [-0.05, 0) is 43.3 Å². The number of carbonyl (C=O) groups excluding carboxylic acids is 1. The molecule has 0 fully saturated rings. The van der Waals surface area contributed by atoms with Gasteiger partial charge < -0.3 is 4.42 Å². The molecule has 4 rings (SSSR count). The Morgan fingerprint density at radius 3 is 2.96 bits per heavy atom. The Morgan fingerprint density at radius 2 is 2.11 bits per heavy atom. The van der Waals surface area contributed by atoms with Crippen LogP contribution in [-0.2, 0) is 0 Å². The summed E-state index contributed by atoms with van der Waals surface area (Å²) >= 11 is 6.00. The van der Waals surface area contributed by atoms with Gasteiger partial charge in [-0.15, -0.1) is 0 Å². The highest BCUT2D eigenvalue weighted by molar-refractivity contribution is 6.30. The summed E-state index contributed by atoms with van der Waals surface area (Å²) in [6, 6.07) is 16.5. The number of furan rings is 1. The zero-order valence-electron chi connectivity index (χ0n) is 14.4. The van der Waals surface area contributed by atoms with Crippen LogP contribution in [0.15, 0.2) is 70.3 Å². The number of rotatable bonds is 4. The van der Waals surface area contributed by atoms with Crippen LogP contribution in [0.5, 0.6) is 0 Å². The summed E-state index contributed by atoms with van der Waals surface area (Å²) in [6.07, 6.45) is 3.24. The maximum Gasteiger partial charge on any atom is 0.290 e. The summed E-state index contributed by atoms with van der Waals surface area (Å²) in [5.74, 6) is 0.840. The molecule has 1 amide bonds. The average molecular weight is 379 g/mol. The summed E-state index contributed by atoms with van der Waals surface area (Å²) < 4.78 is 7.44. The molecule has 3 aromatic heterocycles. The number of nitrogens with one attached hydrogen (secondary N) is 1. The number of halogens is 1. The predicted molar refractivity (Wildman–Crippen MR) is 104 cm³/mol. The van der Waals surface area contributed by atoms with Crippen molar-refractivity contribution in [3.8, 4) is 11.3 Å². The third kappa shape index (κ3) is 3.47. The first-order valence-corrected chi connectivity index (χ1v) is 8.62. The molecule has 0 saturated heterocycles. The van der Waals surface area contributed by atoms with Gasteiger partial charge in [0.2, 0.25) is 0 Å². The van der Waals surface area contributed by atoms with E-state index in [-0.39, 0.29) is 5.91 Å². The van der Waals surface area contributed by atoms with Gasteiger partial charge in [0.05, 0.1) is 11.9 Å². The molecule has 0 spiro atoms. The molecule has 0 aliphatic heterocycles. The topological polar surface area (TPSA) is 71.9 Å². The van der Waals surface area contributed by atoms with Crippen molar-refractivity contribution in [3.63, 3.8) is 0 Å². The Kier molecular flexibility index (Phi) is 4.48. The van der Waals surface area contributed by atoms with E-state index in [4.69, 9.17) is 16.0 Å². The first-order chi connectivity index (χ1) is 13.1. The molecular formula is C20H15ClN4O2. The van der Waals surface area contributed by atoms with Crippen LogP contribution in [-0.4, -0.2) is 21.5 Å². The van der Waals surface area contributed by atoms with Crippen molar-refractivity contribution in [2.45, 2.75) is 6.92 Å². The first kappa shape index (κ1) is 17.1. The Hall–Kier alpha value is -3.38. The second-order valence-corrected chi connectivity index (χ2v) is 6.32. The molecule has 0 unspecified atom stereocenters. The van der Waals surface area contributed by atoms with Crippen LogP contribution in [0.3, 0.4) is 0 Å². The molecule has 134 valence electrons. The second kappa shape index (κ2) is 7.09. The van der Waals surface area contributed by atoms with Gasteiger partial charge in [0.1, 0.15) is 22.9 Å². The molecule has 0 saturated carbocycles. The fourth-order valence-electron chi connectivity index (χ4n) is 2.81. The number of hydrogen-bond acceptors (Lipinski definition) is 4. The van der Waals surface area contributed by atoms with Crippen LogP contribution in [0.1, 0.15) is 21.9 Å². The summed E-state index contributed by atoms with van der Waals surface area (Å²) in [5.41, 5.74) is 5.17. The number of amides is 1. The molecule has 0 atom stereocenters. The smallest absolute Gasteiger partial charge is 0.290 e. The predicted octanol–water partition coefficient (Wildman–Crippen LogP) is 4.32. The minimum atomic E-state index is -0.343. The lowest BCUT2D eigenvalue weighted by atomic mass is 10.2. The zero-order valence-corrected chi connectivity index (χ0v) is 15.1. The summed E-state index contributed by atoms with van der Waals surface area (Å²) in [7, 11) is 0. The van der Waals surface area contributed by atoms with Crippen molar-refractivity contribution in [2.75, 3.05) is 0 Å². The maximum atomic E-state index is 12.5. The summed E-state index contributed by atoms with van der Waals surface area (Å²) in [4.78, 5) is 16.8. The van der Waals surface area contributed by atoms with E-state index in [0.717, 1.165) is 5.56 Å². The highest BCUT2D eigenvalue weighted by Gasteiger charge is 2.15. The van der Waals surface area contributed by atoms with Gasteiger partial charge >= 0.3 is 0 Å². The van der Waals surface area contributed by atoms with E-state index in [2.05, 4.69) is 15.5 Å². The van der Waals surface area contributed by atoms with Crippen molar-refractivity contribution in [1.82, 2.24) is 14.8 Å². The van der Waals surface area contributed by atoms with Gasteiger partial charge in [-0.1, -0.05) is 29.8 Å². The number of carbonyl (C=O) groups is 1. The monoisotopic (exact) mass is 378 g/mol. The number of hydrogen-bond donors (Lipinski definition) is 1. The van der Waals surface area contributed by atoms with E-state index in [0.29, 0.717) is 33.6 Å². The molecule has 27 heavy (non-hydrogen) atoms. The van der Waals surface area contributed by atoms with Crippen LogP contribution in [0.4, 0.5) is 0 Å². The van der Waals surface area contributed by atoms with E-state index in [9.17, 15) is 4.79 Å². The van der Waals surface area contributed by atoms with E-state index < -0.39 is 0 Å². The number of benzene rings is 1. The van der Waals surface area contributed by atoms with Gasteiger partial charge in [-0.3, -0.25) is 9.20 Å². The molecule has 3 heterocycles. The molecule has 0 aliphatic rings. The Balaban J connectivity index is 1.49. The normalized spacial score (nSPS) is 11.3. The van der Waals surface area contributed by atoms with E-state index in [1.165, 1.54) is 6.21 Å². The van der Waals surface area contributed by atoms with Crippen LogP contribution < -0.4 is 5.43 Å². The number of pyridine rings is 1. The lowest BCUT2D eigenvalue weighted by Crippen LogP contribution is -2.20. The largest absolute Gasteiger partial charge is 0.455 e. The average Bonchev–Trinajstić information content (AvgIpc) is 3.25. The van der Waals surface area contributed by atoms with Crippen LogP contribution in [0, 0.1) is 6.92 Å². The van der Waals surface area contributed by atoms with E-state index in [1.807, 2.05) is 42.5 Å². The standard InChI is InChI=1S/C20H15ClN4O2/c1-13-19(25-10-3-2-7-18(25)23-13)20(26)24-22-12-16-8-9-17(27-16)14-5-4-6-15(21)11-14/h2-12H,1H3,(H,24,26)/b22-12+. The number of fused-ring (bicyclic) bond motifs is 1. The molecular weight excluding hydrogens is 364 g/mol. The fourth-order valence-corrected chi connectivity index (χ4v) is 3.00. The number of nitrogens with zero attached hydrogens (tertiary/aromatic N) is 3. The minimum Gasteiger partial charge on any atom is -0.455 e. The lowest BCUT2D eigenvalue weighted by molar-refractivity contribution is 0.0948. The van der Waals surface area contributed by atoms with E-state index >= 15 is 0 Å². The molecule has 6 nitrogen and oxygen atoms in total. The second-order valence-electron chi connectivity index (χ2n) is 5.89. The van der Waals surface area contributed by atoms with Gasteiger partial charge in [0.25, 0.3) is 5.91 Å². The van der Waals surface area contributed by atoms with Crippen molar-refractivity contribution in [3.05, 3.63) is 83.0 Å². The number of aryl methyl sites for hydroxylation is 1. The van der Waals surface area contributed by atoms with Crippen molar-refractivity contribution >= 4 is 29.4 Å². The Bertz CT molecular complexity index is 1160. The summed E-state index contributed by atoms with van der Waals surface area (Å²) in [6.45, 7) is 1.79. The Labute approximate surface area is 160 Å². The number of aromatic nitrogens is 2. The zero-order chi connectivity index (χ0) is 18.8. The fraction of sp³-hybridized carbons (Fsp3) is 0.0500. The number of imidazole rings is 1. The molecule has 0 radical (unpaired) electrons. The molecule has 0 bridgehead atoms. The third-order valence-corrected chi connectivity index (χ3v) is 4.25. The van der Waals surface area contributed by atoms with Crippen LogP contribution >= 0.6 is 11.6 Å². The molecule has 0 aliphatic carbocycles. The summed E-state index contributed by atoms with van der Waals surface area (Å²) in [5, 5.41) is 4.62. The molecule has 1 N–H and O–H groups in total. The quantitative estimate of drug-likeness (QED) is 0.424. The Morgan fingerprint density at radius 1 is 1.22 bits per heavy atom. The van der Waals surface area contributed by atoms with Gasteiger partial charge in [0.15, 0.2) is 0 Å². The first-order valence-electron chi connectivity index (χ1n) is 8.25. The van der Waals surface area contributed by atoms with Gasteiger partial charge in [-0.25, -0.2) is 10.4 Å². The minimum absolute atomic E-state index is 0.343. The maximum absolute atomic E-state index is 12.5. The lowest BCUT2D eigenvalue weighted by Gasteiger charge is -2.01.